The lowest BCUT2D eigenvalue weighted by atomic mass is 10.2. The van der Waals surface area contributed by atoms with Gasteiger partial charge in [0, 0.05) is 5.56 Å². The summed E-state index contributed by atoms with van der Waals surface area (Å²) in [4.78, 5) is 10.3. The van der Waals surface area contributed by atoms with Crippen LogP contribution in [0.2, 0.25) is 0 Å². The molecule has 0 aliphatic rings. The highest BCUT2D eigenvalue weighted by Crippen LogP contribution is 2.30. The Bertz CT molecular complexity index is 607. The highest BCUT2D eigenvalue weighted by atomic mass is 19.4. The van der Waals surface area contributed by atoms with Crippen LogP contribution in [0, 0.1) is 0 Å². The third-order valence-corrected chi connectivity index (χ3v) is 2.13. The van der Waals surface area contributed by atoms with E-state index >= 15 is 0 Å². The normalized spacial score (nSPS) is 11.3. The zero-order valence-corrected chi connectivity index (χ0v) is 9.72. The summed E-state index contributed by atoms with van der Waals surface area (Å²) in [6.45, 7) is -0.516. The van der Waals surface area contributed by atoms with E-state index in [2.05, 4.69) is 14.6 Å². The van der Waals surface area contributed by atoms with Gasteiger partial charge in [0.15, 0.2) is 6.61 Å². The van der Waals surface area contributed by atoms with Gasteiger partial charge in [0.05, 0.1) is 0 Å². The molecule has 0 saturated carbocycles. The smallest absolute Gasteiger partial charge is 0.470 e. The number of nitrogens with zero attached hydrogens (tertiary/aromatic N) is 2. The lowest BCUT2D eigenvalue weighted by Gasteiger charge is -2.03. The van der Waals surface area contributed by atoms with Crippen LogP contribution in [0.4, 0.5) is 13.2 Å². The molecule has 0 saturated heterocycles. The van der Waals surface area contributed by atoms with Crippen molar-refractivity contribution in [1.82, 2.24) is 10.2 Å². The number of alkyl halides is 3. The zero-order chi connectivity index (χ0) is 14.8. The van der Waals surface area contributed by atoms with Crippen LogP contribution in [0.3, 0.4) is 0 Å². The Morgan fingerprint density at radius 3 is 2.40 bits per heavy atom. The minimum absolute atomic E-state index is 0.256. The number of carboxylic acids is 1. The minimum Gasteiger partial charge on any atom is -0.482 e. The molecular formula is C11H7F3N2O4. The number of hydrogen-bond acceptors (Lipinski definition) is 5. The van der Waals surface area contributed by atoms with E-state index in [1.807, 2.05) is 0 Å². The molecule has 0 aliphatic carbocycles. The molecule has 20 heavy (non-hydrogen) atoms. The summed E-state index contributed by atoms with van der Waals surface area (Å²) in [5.74, 6) is -2.60. The average molecular weight is 288 g/mol. The third kappa shape index (κ3) is 3.25. The SMILES string of the molecule is O=C(O)COc1ccc(-c2nnc(C(F)(F)F)o2)cc1. The van der Waals surface area contributed by atoms with E-state index in [1.165, 1.54) is 24.3 Å². The van der Waals surface area contributed by atoms with Crippen molar-refractivity contribution in [3.63, 3.8) is 0 Å². The number of aliphatic carboxylic acids is 1. The van der Waals surface area contributed by atoms with Gasteiger partial charge in [-0.1, -0.05) is 0 Å². The molecule has 0 radical (unpaired) electrons. The number of carbonyl (C=O) groups is 1. The van der Waals surface area contributed by atoms with Crippen molar-refractivity contribution >= 4 is 5.97 Å². The topological polar surface area (TPSA) is 85.5 Å². The fraction of sp³-hybridized carbons (Fsp3) is 0.182. The molecule has 1 heterocycles. The van der Waals surface area contributed by atoms with Gasteiger partial charge in [-0.25, -0.2) is 4.79 Å². The molecule has 6 nitrogen and oxygen atoms in total. The van der Waals surface area contributed by atoms with Gasteiger partial charge >= 0.3 is 18.0 Å². The Morgan fingerprint density at radius 2 is 1.90 bits per heavy atom. The molecule has 0 fully saturated rings. The van der Waals surface area contributed by atoms with Crippen molar-refractivity contribution in [2.45, 2.75) is 6.18 Å². The molecule has 0 atom stereocenters. The van der Waals surface area contributed by atoms with Crippen LogP contribution in [0.25, 0.3) is 11.5 Å². The standard InChI is InChI=1S/C11H7F3N2O4/c12-11(13,14)10-16-15-9(20-10)6-1-3-7(4-2-6)19-5-8(17)18/h1-4H,5H2,(H,17,18). The number of hydrogen-bond donors (Lipinski definition) is 1. The summed E-state index contributed by atoms with van der Waals surface area (Å²) in [6, 6.07) is 5.53. The second kappa shape index (κ2) is 5.19. The summed E-state index contributed by atoms with van der Waals surface area (Å²) < 4.78 is 46.2. The fourth-order valence-corrected chi connectivity index (χ4v) is 1.29. The molecule has 0 unspecified atom stereocenters. The van der Waals surface area contributed by atoms with Crippen molar-refractivity contribution < 1.29 is 32.2 Å². The van der Waals surface area contributed by atoms with Crippen molar-refractivity contribution in [3.05, 3.63) is 30.2 Å². The molecular weight excluding hydrogens is 281 g/mol. The Labute approximate surface area is 109 Å². The quantitative estimate of drug-likeness (QED) is 0.928. The van der Waals surface area contributed by atoms with E-state index in [4.69, 9.17) is 9.84 Å². The van der Waals surface area contributed by atoms with Crippen LogP contribution < -0.4 is 4.74 Å². The molecule has 9 heteroatoms. The van der Waals surface area contributed by atoms with Crippen LogP contribution in [0.1, 0.15) is 5.89 Å². The van der Waals surface area contributed by atoms with E-state index in [-0.39, 0.29) is 17.2 Å². The van der Waals surface area contributed by atoms with Gasteiger partial charge < -0.3 is 14.3 Å². The molecule has 0 amide bonds. The number of rotatable bonds is 4. The first kappa shape index (κ1) is 13.8. The van der Waals surface area contributed by atoms with E-state index in [1.54, 1.807) is 0 Å². The zero-order valence-electron chi connectivity index (χ0n) is 9.72. The summed E-state index contributed by atoms with van der Waals surface area (Å²) >= 11 is 0. The number of ether oxygens (including phenoxy) is 1. The lowest BCUT2D eigenvalue weighted by Crippen LogP contribution is -2.09. The minimum atomic E-state index is -4.70. The number of halogens is 3. The Kier molecular flexibility index (Phi) is 3.59. The van der Waals surface area contributed by atoms with Crippen molar-refractivity contribution in [2.75, 3.05) is 6.61 Å². The van der Waals surface area contributed by atoms with E-state index < -0.39 is 24.6 Å². The average Bonchev–Trinajstić information content (AvgIpc) is 2.86. The molecule has 0 bridgehead atoms. The number of carboxylic acid groups (broad SMARTS) is 1. The number of aromatic nitrogens is 2. The highest BCUT2D eigenvalue weighted by Gasteiger charge is 2.38. The maximum Gasteiger partial charge on any atom is 0.470 e. The van der Waals surface area contributed by atoms with E-state index in [9.17, 15) is 18.0 Å². The maximum absolute atomic E-state index is 12.3. The summed E-state index contributed by atoms with van der Waals surface area (Å²) in [7, 11) is 0. The first-order valence-electron chi connectivity index (χ1n) is 5.22. The van der Waals surface area contributed by atoms with Crippen LogP contribution >= 0.6 is 0 Å². The van der Waals surface area contributed by atoms with Gasteiger partial charge in [-0.15, -0.1) is 10.2 Å². The van der Waals surface area contributed by atoms with Gasteiger partial charge in [0.2, 0.25) is 5.89 Å². The molecule has 1 aromatic carbocycles. The van der Waals surface area contributed by atoms with Crippen LogP contribution in [0.5, 0.6) is 5.75 Å². The van der Waals surface area contributed by atoms with E-state index in [0.717, 1.165) is 0 Å². The summed E-state index contributed by atoms with van der Waals surface area (Å²) in [5, 5.41) is 14.6. The monoisotopic (exact) mass is 288 g/mol. The van der Waals surface area contributed by atoms with Crippen molar-refractivity contribution in [2.24, 2.45) is 0 Å². The van der Waals surface area contributed by atoms with Gasteiger partial charge in [-0.05, 0) is 24.3 Å². The molecule has 2 rings (SSSR count). The number of benzene rings is 1. The Morgan fingerprint density at radius 1 is 1.25 bits per heavy atom. The summed E-state index contributed by atoms with van der Waals surface area (Å²) in [6.07, 6.45) is -4.70. The highest BCUT2D eigenvalue weighted by molar-refractivity contribution is 5.68. The molecule has 106 valence electrons. The van der Waals surface area contributed by atoms with Gasteiger partial charge in [0.1, 0.15) is 5.75 Å². The molecule has 0 aliphatic heterocycles. The van der Waals surface area contributed by atoms with Gasteiger partial charge in [0.25, 0.3) is 0 Å². The Hall–Kier alpha value is -2.58. The van der Waals surface area contributed by atoms with E-state index in [0.29, 0.717) is 0 Å². The first-order chi connectivity index (χ1) is 9.36. The van der Waals surface area contributed by atoms with Crippen molar-refractivity contribution in [1.29, 1.82) is 0 Å². The van der Waals surface area contributed by atoms with Crippen LogP contribution in [0.15, 0.2) is 28.7 Å². The fourth-order valence-electron chi connectivity index (χ4n) is 1.29. The second-order valence-electron chi connectivity index (χ2n) is 3.62. The van der Waals surface area contributed by atoms with Crippen LogP contribution in [-0.4, -0.2) is 27.9 Å². The predicted octanol–water partition coefficient (Wildman–Crippen LogP) is 2.22. The Balaban J connectivity index is 2.14. The molecule has 2 aromatic rings. The molecule has 1 aromatic heterocycles. The second-order valence-corrected chi connectivity index (χ2v) is 3.62. The predicted molar refractivity (Wildman–Crippen MR) is 57.9 cm³/mol. The lowest BCUT2D eigenvalue weighted by molar-refractivity contribution is -0.157. The van der Waals surface area contributed by atoms with Crippen LogP contribution in [-0.2, 0) is 11.0 Å². The summed E-state index contributed by atoms with van der Waals surface area (Å²) in [5.41, 5.74) is 0.260. The largest absolute Gasteiger partial charge is 0.482 e. The third-order valence-electron chi connectivity index (χ3n) is 2.13. The van der Waals surface area contributed by atoms with Crippen molar-refractivity contribution in [3.8, 4) is 17.2 Å². The first-order valence-corrected chi connectivity index (χ1v) is 5.22. The molecule has 0 spiro atoms. The van der Waals surface area contributed by atoms with Gasteiger partial charge in [-0.2, -0.15) is 13.2 Å². The maximum atomic E-state index is 12.3. The van der Waals surface area contributed by atoms with Gasteiger partial charge in [-0.3, -0.25) is 0 Å². The molecule has 1 N–H and O–H groups in total.